The summed E-state index contributed by atoms with van der Waals surface area (Å²) in [6.45, 7) is 6.51. The third-order valence-electron chi connectivity index (χ3n) is 1.51. The van der Waals surface area contributed by atoms with Crippen LogP contribution in [0.3, 0.4) is 0 Å². The predicted octanol–water partition coefficient (Wildman–Crippen LogP) is 0.313. The van der Waals surface area contributed by atoms with Crippen molar-refractivity contribution in [3.63, 3.8) is 0 Å². The molecule has 0 atom stereocenters. The Hall–Kier alpha value is -0.580. The standard InChI is InChI=1S/C8H18N2O2/c1-4-7(11)8(12,9-5-2)10-6-3/h4,9-12H,5-6H2,1-3H3. The summed E-state index contributed by atoms with van der Waals surface area (Å²) in [5.74, 6) is -1.58. The van der Waals surface area contributed by atoms with Gasteiger partial charge in [0.25, 0.3) is 0 Å². The summed E-state index contributed by atoms with van der Waals surface area (Å²) >= 11 is 0. The second kappa shape index (κ2) is 5.13. The minimum Gasteiger partial charge on any atom is -0.507 e. The molecule has 0 aromatic heterocycles. The van der Waals surface area contributed by atoms with E-state index in [4.69, 9.17) is 0 Å². The maximum Gasteiger partial charge on any atom is 0.232 e. The fourth-order valence-electron chi connectivity index (χ4n) is 0.964. The zero-order chi connectivity index (χ0) is 9.61. The minimum absolute atomic E-state index is 0.105. The van der Waals surface area contributed by atoms with Crippen LogP contribution in [0.15, 0.2) is 11.8 Å². The Morgan fingerprint density at radius 1 is 1.33 bits per heavy atom. The lowest BCUT2D eigenvalue weighted by Gasteiger charge is -2.28. The Morgan fingerprint density at radius 3 is 2.00 bits per heavy atom. The maximum atomic E-state index is 9.74. The quantitative estimate of drug-likeness (QED) is 0.358. The Bertz CT molecular complexity index is 151. The lowest BCUT2D eigenvalue weighted by molar-refractivity contribution is -0.0243. The highest BCUT2D eigenvalue weighted by molar-refractivity contribution is 5.03. The third-order valence-corrected chi connectivity index (χ3v) is 1.51. The van der Waals surface area contributed by atoms with Crippen molar-refractivity contribution in [1.82, 2.24) is 10.6 Å². The highest BCUT2D eigenvalue weighted by atomic mass is 16.4. The average Bonchev–Trinajstić information content (AvgIpc) is 2.04. The van der Waals surface area contributed by atoms with Gasteiger partial charge in [0.2, 0.25) is 5.85 Å². The summed E-state index contributed by atoms with van der Waals surface area (Å²) in [5, 5.41) is 24.5. The van der Waals surface area contributed by atoms with Crippen LogP contribution in [0.2, 0.25) is 0 Å². The van der Waals surface area contributed by atoms with Crippen molar-refractivity contribution in [2.45, 2.75) is 26.6 Å². The van der Waals surface area contributed by atoms with Gasteiger partial charge in [-0.15, -0.1) is 0 Å². The number of allylic oxidation sites excluding steroid dienone is 1. The van der Waals surface area contributed by atoms with E-state index in [0.717, 1.165) is 0 Å². The zero-order valence-corrected chi connectivity index (χ0v) is 7.89. The van der Waals surface area contributed by atoms with Gasteiger partial charge < -0.3 is 10.2 Å². The van der Waals surface area contributed by atoms with E-state index in [0.29, 0.717) is 13.1 Å². The molecule has 12 heavy (non-hydrogen) atoms. The first-order valence-corrected chi connectivity index (χ1v) is 4.18. The van der Waals surface area contributed by atoms with E-state index in [1.807, 2.05) is 13.8 Å². The van der Waals surface area contributed by atoms with Gasteiger partial charge in [0, 0.05) is 0 Å². The maximum absolute atomic E-state index is 9.74. The van der Waals surface area contributed by atoms with Crippen molar-refractivity contribution in [2.75, 3.05) is 13.1 Å². The Morgan fingerprint density at radius 2 is 1.75 bits per heavy atom. The van der Waals surface area contributed by atoms with E-state index in [9.17, 15) is 10.2 Å². The van der Waals surface area contributed by atoms with Crippen LogP contribution in [-0.4, -0.2) is 29.2 Å². The van der Waals surface area contributed by atoms with Crippen molar-refractivity contribution in [1.29, 1.82) is 0 Å². The minimum atomic E-state index is -1.47. The number of aliphatic hydroxyl groups is 2. The molecule has 4 heteroatoms. The first-order chi connectivity index (χ1) is 5.60. The summed E-state index contributed by atoms with van der Waals surface area (Å²) in [6, 6.07) is 0. The highest BCUT2D eigenvalue weighted by Gasteiger charge is 2.28. The number of hydrogen-bond acceptors (Lipinski definition) is 4. The third kappa shape index (κ3) is 2.81. The lowest BCUT2D eigenvalue weighted by atomic mass is 10.3. The smallest absolute Gasteiger partial charge is 0.232 e. The molecular weight excluding hydrogens is 156 g/mol. The predicted molar refractivity (Wildman–Crippen MR) is 48.7 cm³/mol. The van der Waals surface area contributed by atoms with Crippen molar-refractivity contribution in [3.05, 3.63) is 11.8 Å². The van der Waals surface area contributed by atoms with Crippen LogP contribution in [0.5, 0.6) is 0 Å². The van der Waals surface area contributed by atoms with Gasteiger partial charge >= 0.3 is 0 Å². The molecule has 0 fully saturated rings. The average molecular weight is 174 g/mol. The molecule has 0 heterocycles. The summed E-state index contributed by atoms with van der Waals surface area (Å²) < 4.78 is 0. The number of nitrogens with one attached hydrogen (secondary N) is 2. The van der Waals surface area contributed by atoms with Crippen LogP contribution >= 0.6 is 0 Å². The highest BCUT2D eigenvalue weighted by Crippen LogP contribution is 2.05. The molecule has 0 radical (unpaired) electrons. The van der Waals surface area contributed by atoms with Gasteiger partial charge in [-0.25, -0.2) is 0 Å². The van der Waals surface area contributed by atoms with E-state index in [1.165, 1.54) is 6.08 Å². The molecule has 0 aliphatic heterocycles. The second-order valence-electron chi connectivity index (χ2n) is 2.44. The molecule has 0 saturated heterocycles. The Kier molecular flexibility index (Phi) is 4.89. The van der Waals surface area contributed by atoms with Gasteiger partial charge in [-0.1, -0.05) is 13.8 Å². The van der Waals surface area contributed by atoms with Crippen molar-refractivity contribution < 1.29 is 10.2 Å². The molecule has 0 bridgehead atoms. The van der Waals surface area contributed by atoms with Crippen molar-refractivity contribution in [3.8, 4) is 0 Å². The fraction of sp³-hybridized carbons (Fsp3) is 0.750. The summed E-state index contributed by atoms with van der Waals surface area (Å²) in [4.78, 5) is 0. The second-order valence-corrected chi connectivity index (χ2v) is 2.44. The van der Waals surface area contributed by atoms with Crippen LogP contribution in [0.1, 0.15) is 20.8 Å². The first kappa shape index (κ1) is 11.4. The van der Waals surface area contributed by atoms with E-state index in [2.05, 4.69) is 10.6 Å². The SMILES string of the molecule is CC=C(O)C(O)(NCC)NCC. The van der Waals surface area contributed by atoms with E-state index >= 15 is 0 Å². The molecule has 0 spiro atoms. The first-order valence-electron chi connectivity index (χ1n) is 4.18. The normalized spacial score (nSPS) is 13.5. The van der Waals surface area contributed by atoms with Gasteiger partial charge in [0.1, 0.15) is 0 Å². The molecule has 0 unspecified atom stereocenters. The van der Waals surface area contributed by atoms with Gasteiger partial charge in [-0.2, -0.15) is 0 Å². The summed E-state index contributed by atoms with van der Waals surface area (Å²) in [5.41, 5.74) is 0. The Balaban J connectivity index is 4.37. The number of rotatable bonds is 5. The largest absolute Gasteiger partial charge is 0.507 e. The van der Waals surface area contributed by atoms with Crippen LogP contribution in [0.4, 0.5) is 0 Å². The Labute approximate surface area is 73.3 Å². The van der Waals surface area contributed by atoms with Gasteiger partial charge in [0.15, 0.2) is 5.76 Å². The summed E-state index contributed by atoms with van der Waals surface area (Å²) in [6.07, 6.45) is 1.45. The molecule has 0 rings (SSSR count). The molecule has 4 N–H and O–H groups in total. The molecule has 72 valence electrons. The molecule has 0 aromatic rings. The van der Waals surface area contributed by atoms with Crippen LogP contribution < -0.4 is 10.6 Å². The molecule has 0 amide bonds. The number of hydrogen-bond donors (Lipinski definition) is 4. The van der Waals surface area contributed by atoms with Gasteiger partial charge in [-0.3, -0.25) is 10.6 Å². The van der Waals surface area contributed by atoms with Crippen LogP contribution in [-0.2, 0) is 0 Å². The fourth-order valence-corrected chi connectivity index (χ4v) is 0.964. The molecular formula is C8H18N2O2. The number of likely N-dealkylation sites (N-methyl/N-ethyl adjacent to an activating group) is 2. The van der Waals surface area contributed by atoms with Crippen molar-refractivity contribution in [2.24, 2.45) is 0 Å². The topological polar surface area (TPSA) is 64.5 Å². The van der Waals surface area contributed by atoms with Crippen LogP contribution in [0.25, 0.3) is 0 Å². The molecule has 0 aliphatic rings. The van der Waals surface area contributed by atoms with Gasteiger partial charge in [-0.05, 0) is 26.1 Å². The lowest BCUT2D eigenvalue weighted by Crippen LogP contribution is -2.58. The monoisotopic (exact) mass is 174 g/mol. The van der Waals surface area contributed by atoms with E-state index in [-0.39, 0.29) is 5.76 Å². The molecule has 0 aliphatic carbocycles. The molecule has 4 nitrogen and oxygen atoms in total. The van der Waals surface area contributed by atoms with Crippen LogP contribution in [0, 0.1) is 0 Å². The molecule has 0 saturated carbocycles. The van der Waals surface area contributed by atoms with Crippen molar-refractivity contribution >= 4 is 0 Å². The summed E-state index contributed by atoms with van der Waals surface area (Å²) in [7, 11) is 0. The van der Waals surface area contributed by atoms with Gasteiger partial charge in [0.05, 0.1) is 0 Å². The molecule has 0 aromatic carbocycles. The van der Waals surface area contributed by atoms with E-state index in [1.54, 1.807) is 6.92 Å². The number of aliphatic hydroxyl groups excluding tert-OH is 1. The zero-order valence-electron chi connectivity index (χ0n) is 7.89. The van der Waals surface area contributed by atoms with E-state index < -0.39 is 5.85 Å².